The summed E-state index contributed by atoms with van der Waals surface area (Å²) in [4.78, 5) is 14.8. The summed E-state index contributed by atoms with van der Waals surface area (Å²) in [5.74, 6) is 0.881. The molecule has 0 spiro atoms. The van der Waals surface area contributed by atoms with Crippen LogP contribution in [0.4, 0.5) is 5.82 Å². The molecule has 0 atom stereocenters. The van der Waals surface area contributed by atoms with Crippen LogP contribution in [0.1, 0.15) is 6.42 Å². The van der Waals surface area contributed by atoms with Crippen LogP contribution in [-0.4, -0.2) is 59.2 Å². The number of hydrogen-bond acceptors (Lipinski definition) is 5. The number of nitrogens with zero attached hydrogens (tertiary/aromatic N) is 3. The molecular formula is C17H20BrN5O. The zero-order chi connectivity index (χ0) is 16.4. The summed E-state index contributed by atoms with van der Waals surface area (Å²) in [6, 6.07) is 8.23. The fourth-order valence-corrected chi connectivity index (χ4v) is 3.53. The molecule has 0 radical (unpaired) electrons. The third-order valence-electron chi connectivity index (χ3n) is 4.38. The highest BCUT2D eigenvalue weighted by Crippen LogP contribution is 2.30. The second-order valence-electron chi connectivity index (χ2n) is 5.97. The number of hydrogen-bond donors (Lipinski definition) is 2. The molecule has 0 saturated carbocycles. The first-order valence-electron chi connectivity index (χ1n) is 8.29. The van der Waals surface area contributed by atoms with Gasteiger partial charge in [-0.1, -0.05) is 18.2 Å². The first-order valence-corrected chi connectivity index (χ1v) is 9.08. The fraction of sp³-hybridized carbons (Fsp3) is 0.412. The van der Waals surface area contributed by atoms with E-state index in [-0.39, 0.29) is 0 Å². The van der Waals surface area contributed by atoms with Crippen LogP contribution in [0.25, 0.3) is 21.9 Å². The fourth-order valence-electron chi connectivity index (χ4n) is 3.18. The summed E-state index contributed by atoms with van der Waals surface area (Å²) in [6.45, 7) is 5.73. The van der Waals surface area contributed by atoms with Crippen molar-refractivity contribution in [1.82, 2.24) is 19.9 Å². The summed E-state index contributed by atoms with van der Waals surface area (Å²) in [6.07, 6.45) is 1.07. The smallest absolute Gasteiger partial charge is 0.200 e. The van der Waals surface area contributed by atoms with Gasteiger partial charge in [0.1, 0.15) is 11.5 Å². The maximum Gasteiger partial charge on any atom is 0.200 e. The van der Waals surface area contributed by atoms with Crippen molar-refractivity contribution >= 4 is 43.7 Å². The highest BCUT2D eigenvalue weighted by atomic mass is 79.9. The van der Waals surface area contributed by atoms with Crippen LogP contribution in [-0.2, 0) is 4.74 Å². The van der Waals surface area contributed by atoms with Crippen LogP contribution in [0.2, 0.25) is 0 Å². The molecule has 1 aromatic carbocycles. The van der Waals surface area contributed by atoms with Gasteiger partial charge in [-0.25, -0.2) is 9.97 Å². The average Bonchev–Trinajstić information content (AvgIpc) is 2.97. The minimum absolute atomic E-state index is 0.595. The molecule has 1 fully saturated rings. The van der Waals surface area contributed by atoms with E-state index in [1.807, 2.05) is 12.1 Å². The Labute approximate surface area is 148 Å². The molecule has 1 aliphatic rings. The lowest BCUT2D eigenvalue weighted by molar-refractivity contribution is 0.0378. The van der Waals surface area contributed by atoms with E-state index in [2.05, 4.69) is 53.2 Å². The lowest BCUT2D eigenvalue weighted by Gasteiger charge is -2.26. The number of morpholine rings is 1. The van der Waals surface area contributed by atoms with Crippen molar-refractivity contribution in [2.75, 3.05) is 44.7 Å². The third-order valence-corrected chi connectivity index (χ3v) is 4.73. The number of anilines is 1. The summed E-state index contributed by atoms with van der Waals surface area (Å²) in [5.41, 5.74) is 1.94. The minimum Gasteiger partial charge on any atom is -0.379 e. The van der Waals surface area contributed by atoms with E-state index in [1.54, 1.807) is 0 Å². The first kappa shape index (κ1) is 15.8. The molecule has 24 heavy (non-hydrogen) atoms. The molecule has 1 saturated heterocycles. The number of aromatic nitrogens is 3. The lowest BCUT2D eigenvalue weighted by Crippen LogP contribution is -2.37. The second-order valence-corrected chi connectivity index (χ2v) is 6.68. The second kappa shape index (κ2) is 7.04. The summed E-state index contributed by atoms with van der Waals surface area (Å²) in [5, 5.41) is 5.69. The highest BCUT2D eigenvalue weighted by molar-refractivity contribution is 9.10. The molecule has 3 heterocycles. The van der Waals surface area contributed by atoms with Crippen LogP contribution < -0.4 is 5.32 Å². The summed E-state index contributed by atoms with van der Waals surface area (Å²) >= 11 is 3.41. The van der Waals surface area contributed by atoms with Gasteiger partial charge in [-0.15, -0.1) is 0 Å². The number of para-hydroxylation sites is 1. The Hall–Kier alpha value is -1.70. The molecule has 6 nitrogen and oxygen atoms in total. The predicted molar refractivity (Wildman–Crippen MR) is 99.5 cm³/mol. The molecule has 4 rings (SSSR count). The number of aromatic amines is 1. The van der Waals surface area contributed by atoms with Crippen molar-refractivity contribution in [3.63, 3.8) is 0 Å². The number of ether oxygens (including phenoxy) is 1. The van der Waals surface area contributed by atoms with E-state index in [0.717, 1.165) is 73.6 Å². The Bertz CT molecular complexity index is 843. The van der Waals surface area contributed by atoms with Gasteiger partial charge in [0.05, 0.1) is 18.6 Å². The number of rotatable bonds is 5. The van der Waals surface area contributed by atoms with Gasteiger partial charge in [-0.2, -0.15) is 0 Å². The molecule has 0 unspecified atom stereocenters. The quantitative estimate of drug-likeness (QED) is 0.518. The number of H-pyrrole nitrogens is 1. The van der Waals surface area contributed by atoms with E-state index in [4.69, 9.17) is 4.74 Å². The Balaban J connectivity index is 1.50. The average molecular weight is 390 g/mol. The summed E-state index contributed by atoms with van der Waals surface area (Å²) in [7, 11) is 0. The Kier molecular flexibility index (Phi) is 4.64. The topological polar surface area (TPSA) is 66.1 Å². The van der Waals surface area contributed by atoms with Gasteiger partial charge in [-0.05, 0) is 35.0 Å². The van der Waals surface area contributed by atoms with Gasteiger partial charge in [0.15, 0.2) is 0 Å². The SMILES string of the molecule is Brc1nc(NCCCN2CCOCC2)c2c(n1)[nH]c1ccccc12. The van der Waals surface area contributed by atoms with Gasteiger partial charge in [0.2, 0.25) is 4.73 Å². The van der Waals surface area contributed by atoms with Crippen LogP contribution in [0, 0.1) is 0 Å². The normalized spacial score (nSPS) is 16.0. The zero-order valence-electron chi connectivity index (χ0n) is 13.4. The molecular weight excluding hydrogens is 370 g/mol. The van der Waals surface area contributed by atoms with Crippen molar-refractivity contribution in [2.45, 2.75) is 6.42 Å². The van der Waals surface area contributed by atoms with Crippen molar-refractivity contribution in [2.24, 2.45) is 0 Å². The van der Waals surface area contributed by atoms with Gasteiger partial charge >= 0.3 is 0 Å². The Morgan fingerprint density at radius 2 is 2.04 bits per heavy atom. The standard InChI is InChI=1S/C17H20BrN5O/c18-17-21-15(19-6-3-7-23-8-10-24-11-9-23)14-12-4-1-2-5-13(12)20-16(14)22-17/h1-2,4-5H,3,6-11H2,(H2,19,20,21,22). The molecule has 1 aliphatic heterocycles. The predicted octanol–water partition coefficient (Wildman–Crippen LogP) is 3.01. The van der Waals surface area contributed by atoms with Crippen molar-refractivity contribution in [1.29, 1.82) is 0 Å². The van der Waals surface area contributed by atoms with Crippen LogP contribution in [0.15, 0.2) is 29.0 Å². The molecule has 2 N–H and O–H groups in total. The van der Waals surface area contributed by atoms with E-state index < -0.39 is 0 Å². The van der Waals surface area contributed by atoms with Crippen LogP contribution in [0.3, 0.4) is 0 Å². The number of nitrogens with one attached hydrogen (secondary N) is 2. The molecule has 126 valence electrons. The van der Waals surface area contributed by atoms with Gasteiger partial charge in [0.25, 0.3) is 0 Å². The number of halogens is 1. The van der Waals surface area contributed by atoms with Crippen molar-refractivity contribution < 1.29 is 4.74 Å². The molecule has 7 heteroatoms. The maximum absolute atomic E-state index is 5.39. The first-order chi connectivity index (χ1) is 11.8. The number of fused-ring (bicyclic) bond motifs is 3. The highest BCUT2D eigenvalue weighted by Gasteiger charge is 2.13. The molecule has 0 bridgehead atoms. The Morgan fingerprint density at radius 3 is 2.92 bits per heavy atom. The van der Waals surface area contributed by atoms with Crippen molar-refractivity contribution in [3.8, 4) is 0 Å². The third kappa shape index (κ3) is 3.24. The summed E-state index contributed by atoms with van der Waals surface area (Å²) < 4.78 is 5.98. The van der Waals surface area contributed by atoms with E-state index in [9.17, 15) is 0 Å². The van der Waals surface area contributed by atoms with Gasteiger partial charge in [-0.3, -0.25) is 4.90 Å². The lowest BCUT2D eigenvalue weighted by atomic mass is 10.2. The molecule has 0 aliphatic carbocycles. The van der Waals surface area contributed by atoms with Crippen LogP contribution in [0.5, 0.6) is 0 Å². The van der Waals surface area contributed by atoms with Gasteiger partial charge in [0, 0.05) is 30.5 Å². The van der Waals surface area contributed by atoms with E-state index in [0.29, 0.717) is 4.73 Å². The van der Waals surface area contributed by atoms with Gasteiger partial charge < -0.3 is 15.0 Å². The zero-order valence-corrected chi connectivity index (χ0v) is 15.0. The van der Waals surface area contributed by atoms with Crippen molar-refractivity contribution in [3.05, 3.63) is 29.0 Å². The molecule has 0 amide bonds. The minimum atomic E-state index is 0.595. The molecule has 2 aromatic heterocycles. The van der Waals surface area contributed by atoms with Crippen LogP contribution >= 0.6 is 15.9 Å². The largest absolute Gasteiger partial charge is 0.379 e. The maximum atomic E-state index is 5.39. The monoisotopic (exact) mass is 389 g/mol. The molecule has 3 aromatic rings. The van der Waals surface area contributed by atoms with E-state index in [1.165, 1.54) is 0 Å². The Morgan fingerprint density at radius 1 is 1.21 bits per heavy atom. The van der Waals surface area contributed by atoms with E-state index >= 15 is 0 Å². The number of benzene rings is 1.